The molecule has 0 unspecified atom stereocenters. The van der Waals surface area contributed by atoms with E-state index in [1.807, 2.05) is 6.92 Å². The number of carbonyl (C=O) groups excluding carboxylic acids is 1. The molecule has 0 aromatic rings. The third-order valence-corrected chi connectivity index (χ3v) is 5.99. The maximum atomic E-state index is 12.1. The largest absolute Gasteiger partial charge is 0.383 e. The van der Waals surface area contributed by atoms with E-state index >= 15 is 0 Å². The van der Waals surface area contributed by atoms with Crippen molar-refractivity contribution in [1.29, 1.82) is 0 Å². The summed E-state index contributed by atoms with van der Waals surface area (Å²) in [5.41, 5.74) is 0. The quantitative estimate of drug-likeness (QED) is 0.172. The van der Waals surface area contributed by atoms with E-state index in [4.69, 9.17) is 4.74 Å². The molecule has 9 nitrogen and oxygen atoms in total. The predicted octanol–water partition coefficient (Wildman–Crippen LogP) is -0.264. The molecule has 0 aliphatic carbocycles. The Hall–Kier alpha value is -0.660. The smallest absolute Gasteiger partial charge is 0.239 e. The van der Waals surface area contributed by atoms with Gasteiger partial charge in [0.05, 0.1) is 18.9 Å². The van der Waals surface area contributed by atoms with Crippen LogP contribution in [0.4, 0.5) is 0 Å². The molecule has 1 fully saturated rings. The second-order valence-electron chi connectivity index (χ2n) is 5.90. The van der Waals surface area contributed by atoms with Crippen molar-refractivity contribution >= 4 is 45.9 Å². The first-order valence-electron chi connectivity index (χ1n) is 8.63. The van der Waals surface area contributed by atoms with E-state index in [0.29, 0.717) is 51.5 Å². The Balaban J connectivity index is 0.00000625. The number of nitrogens with one attached hydrogen (secondary N) is 3. The highest BCUT2D eigenvalue weighted by molar-refractivity contribution is 14.0. The van der Waals surface area contributed by atoms with E-state index in [1.54, 1.807) is 18.5 Å². The Labute approximate surface area is 173 Å². The lowest BCUT2D eigenvalue weighted by atomic mass is 10.1. The highest BCUT2D eigenvalue weighted by atomic mass is 127. The zero-order chi connectivity index (χ0) is 18.7. The number of amides is 1. The average molecular weight is 505 g/mol. The van der Waals surface area contributed by atoms with Gasteiger partial charge in [0, 0.05) is 39.8 Å². The van der Waals surface area contributed by atoms with Gasteiger partial charge in [0.25, 0.3) is 0 Å². The van der Waals surface area contributed by atoms with Gasteiger partial charge in [-0.25, -0.2) is 12.7 Å². The second kappa shape index (κ2) is 13.5. The lowest BCUT2D eigenvalue weighted by Crippen LogP contribution is -2.51. The summed E-state index contributed by atoms with van der Waals surface area (Å²) in [6.07, 6.45) is 2.05. The van der Waals surface area contributed by atoms with Gasteiger partial charge in [-0.2, -0.15) is 0 Å². The Morgan fingerprint density at radius 2 is 1.92 bits per heavy atom. The van der Waals surface area contributed by atoms with Crippen molar-refractivity contribution in [2.45, 2.75) is 32.2 Å². The number of rotatable bonds is 9. The lowest BCUT2D eigenvalue weighted by Gasteiger charge is -2.32. The minimum atomic E-state index is -3.13. The summed E-state index contributed by atoms with van der Waals surface area (Å²) in [5, 5.41) is 8.92. The number of hydrogen-bond acceptors (Lipinski definition) is 5. The molecule has 1 aliphatic rings. The molecule has 0 spiro atoms. The molecule has 0 radical (unpaired) electrons. The van der Waals surface area contributed by atoms with Gasteiger partial charge in [-0.15, -0.1) is 24.0 Å². The number of nitrogens with zero attached hydrogens (tertiary/aromatic N) is 2. The van der Waals surface area contributed by atoms with Crippen LogP contribution < -0.4 is 16.0 Å². The summed E-state index contributed by atoms with van der Waals surface area (Å²) in [5.74, 6) is 0.601. The fourth-order valence-corrected chi connectivity index (χ4v) is 4.11. The van der Waals surface area contributed by atoms with Crippen LogP contribution in [0.2, 0.25) is 0 Å². The average Bonchev–Trinajstić information content (AvgIpc) is 2.59. The minimum Gasteiger partial charge on any atom is -0.383 e. The molecule has 0 atom stereocenters. The Bertz CT molecular complexity index is 536. The van der Waals surface area contributed by atoms with Crippen LogP contribution in [0.1, 0.15) is 26.2 Å². The number of aliphatic imine (C=N–C) groups is 1. The zero-order valence-electron chi connectivity index (χ0n) is 15.8. The van der Waals surface area contributed by atoms with Crippen LogP contribution in [0.5, 0.6) is 0 Å². The summed E-state index contributed by atoms with van der Waals surface area (Å²) < 4.78 is 30.6. The fourth-order valence-electron chi connectivity index (χ4n) is 2.57. The number of hydrogen-bond donors (Lipinski definition) is 3. The monoisotopic (exact) mass is 505 g/mol. The van der Waals surface area contributed by atoms with Crippen molar-refractivity contribution in [3.63, 3.8) is 0 Å². The van der Waals surface area contributed by atoms with Crippen LogP contribution in [0.15, 0.2) is 4.99 Å². The van der Waals surface area contributed by atoms with Gasteiger partial charge < -0.3 is 20.7 Å². The zero-order valence-corrected chi connectivity index (χ0v) is 18.9. The first-order chi connectivity index (χ1) is 11.9. The van der Waals surface area contributed by atoms with Gasteiger partial charge in [-0.1, -0.05) is 6.92 Å². The summed E-state index contributed by atoms with van der Waals surface area (Å²) in [7, 11) is 0.0893. The molecule has 154 valence electrons. The molecule has 1 saturated heterocycles. The molecule has 11 heteroatoms. The number of ether oxygens (including phenoxy) is 1. The molecule has 0 aromatic heterocycles. The standard InChI is InChI=1S/C15H31N5O4S.HI/c1-4-11-25(22,23)20-8-5-13(6-9-20)19-15(16-2)18-12-14(21)17-7-10-24-3;/h13H,4-12H2,1-3H3,(H,17,21)(H2,16,18,19);1H. The number of carbonyl (C=O) groups is 1. The van der Waals surface area contributed by atoms with E-state index in [0.717, 1.165) is 0 Å². The number of piperidine rings is 1. The predicted molar refractivity (Wildman–Crippen MR) is 113 cm³/mol. The van der Waals surface area contributed by atoms with Crippen molar-refractivity contribution in [3.8, 4) is 0 Å². The lowest BCUT2D eigenvalue weighted by molar-refractivity contribution is -0.120. The second-order valence-corrected chi connectivity index (χ2v) is 7.99. The molecule has 0 bridgehead atoms. The molecule has 1 rings (SSSR count). The van der Waals surface area contributed by atoms with Gasteiger partial charge in [-0.3, -0.25) is 9.79 Å². The van der Waals surface area contributed by atoms with Gasteiger partial charge in [0.15, 0.2) is 5.96 Å². The molecule has 1 amide bonds. The molecule has 3 N–H and O–H groups in total. The third kappa shape index (κ3) is 9.33. The van der Waals surface area contributed by atoms with Crippen LogP contribution in [-0.2, 0) is 19.6 Å². The summed E-state index contributed by atoms with van der Waals surface area (Å²) >= 11 is 0. The maximum absolute atomic E-state index is 12.1. The topological polar surface area (TPSA) is 112 Å². The molecule has 1 aliphatic heterocycles. The number of methoxy groups -OCH3 is 1. The third-order valence-electron chi connectivity index (χ3n) is 3.92. The van der Waals surface area contributed by atoms with Crippen LogP contribution in [0, 0.1) is 0 Å². The van der Waals surface area contributed by atoms with Crippen molar-refractivity contribution in [1.82, 2.24) is 20.3 Å². The molecule has 0 aromatic carbocycles. The highest BCUT2D eigenvalue weighted by Crippen LogP contribution is 2.15. The summed E-state index contributed by atoms with van der Waals surface area (Å²) in [6.45, 7) is 3.94. The first kappa shape index (κ1) is 25.3. The Morgan fingerprint density at radius 1 is 1.27 bits per heavy atom. The molecule has 1 heterocycles. The Morgan fingerprint density at radius 3 is 2.46 bits per heavy atom. The minimum absolute atomic E-state index is 0. The molecular weight excluding hydrogens is 473 g/mol. The van der Waals surface area contributed by atoms with E-state index in [9.17, 15) is 13.2 Å². The van der Waals surface area contributed by atoms with Gasteiger partial charge >= 0.3 is 0 Å². The summed E-state index contributed by atoms with van der Waals surface area (Å²) in [4.78, 5) is 15.8. The van der Waals surface area contributed by atoms with Crippen molar-refractivity contribution < 1.29 is 17.9 Å². The van der Waals surface area contributed by atoms with Crippen molar-refractivity contribution in [2.75, 3.05) is 52.7 Å². The van der Waals surface area contributed by atoms with Crippen LogP contribution in [0.25, 0.3) is 0 Å². The number of halogens is 1. The number of guanidine groups is 1. The van der Waals surface area contributed by atoms with Gasteiger partial charge in [0.1, 0.15) is 0 Å². The molecular formula is C15H32IN5O4S. The van der Waals surface area contributed by atoms with E-state index < -0.39 is 10.0 Å². The van der Waals surface area contributed by atoms with Crippen LogP contribution in [0.3, 0.4) is 0 Å². The fraction of sp³-hybridized carbons (Fsp3) is 0.867. The van der Waals surface area contributed by atoms with E-state index in [-0.39, 0.29) is 48.2 Å². The SMILES string of the molecule is CCCS(=O)(=O)N1CCC(NC(=NC)NCC(=O)NCCOC)CC1.I. The van der Waals surface area contributed by atoms with Crippen LogP contribution in [-0.4, -0.2) is 83.3 Å². The van der Waals surface area contributed by atoms with E-state index in [2.05, 4.69) is 20.9 Å². The molecule has 26 heavy (non-hydrogen) atoms. The first-order valence-corrected chi connectivity index (χ1v) is 10.2. The van der Waals surface area contributed by atoms with Crippen molar-refractivity contribution in [3.05, 3.63) is 0 Å². The van der Waals surface area contributed by atoms with Gasteiger partial charge in [-0.05, 0) is 19.3 Å². The highest BCUT2D eigenvalue weighted by Gasteiger charge is 2.27. The summed E-state index contributed by atoms with van der Waals surface area (Å²) in [6, 6.07) is 0.135. The Kier molecular flexibility index (Phi) is 13.2. The van der Waals surface area contributed by atoms with Crippen LogP contribution >= 0.6 is 24.0 Å². The maximum Gasteiger partial charge on any atom is 0.239 e. The number of sulfonamides is 1. The normalized spacial score (nSPS) is 16.7. The molecule has 0 saturated carbocycles. The van der Waals surface area contributed by atoms with E-state index in [1.165, 1.54) is 0 Å². The van der Waals surface area contributed by atoms with Gasteiger partial charge in [0.2, 0.25) is 15.9 Å². The van der Waals surface area contributed by atoms with Crippen molar-refractivity contribution in [2.24, 2.45) is 4.99 Å².